The first-order valence-corrected chi connectivity index (χ1v) is 16.8. The lowest BCUT2D eigenvalue weighted by Crippen LogP contribution is -2.38. The van der Waals surface area contributed by atoms with Gasteiger partial charge in [0.05, 0.1) is 0 Å². The van der Waals surface area contributed by atoms with Gasteiger partial charge in [-0.1, -0.05) is 102 Å². The average Bonchev–Trinajstić information content (AvgIpc) is 2.90. The van der Waals surface area contributed by atoms with Crippen molar-refractivity contribution in [3.8, 4) is 22.3 Å². The van der Waals surface area contributed by atoms with E-state index in [9.17, 15) is 0 Å². The molecule has 2 heteroatoms. The molecule has 0 amide bonds. The molecule has 1 aliphatic carbocycles. The highest BCUT2D eigenvalue weighted by Gasteiger charge is 2.37. The maximum atomic E-state index is 8.02. The highest BCUT2D eigenvalue weighted by atomic mass is 35.6. The maximum Gasteiger partial charge on any atom is 0.213 e. The molecule has 0 heterocycles. The van der Waals surface area contributed by atoms with Crippen molar-refractivity contribution >= 4 is 24.4 Å². The molecule has 0 saturated carbocycles. The largest absolute Gasteiger partial charge is 0.213 e. The Morgan fingerprint density at radius 1 is 0.550 bits per heavy atom. The second kappa shape index (κ2) is 10.5. The van der Waals surface area contributed by atoms with E-state index >= 15 is 0 Å². The van der Waals surface area contributed by atoms with E-state index < -0.39 is 8.11 Å². The molecule has 0 atom stereocenters. The van der Waals surface area contributed by atoms with Gasteiger partial charge in [-0.05, 0) is 120 Å². The number of hydrogen-bond acceptors (Lipinski definition) is 0. The number of halogens is 1. The van der Waals surface area contributed by atoms with Crippen LogP contribution in [0.5, 0.6) is 0 Å². The van der Waals surface area contributed by atoms with Crippen LogP contribution < -0.4 is 5.19 Å². The van der Waals surface area contributed by atoms with Gasteiger partial charge in [-0.25, -0.2) is 0 Å². The van der Waals surface area contributed by atoms with Gasteiger partial charge in [0, 0.05) is 5.54 Å². The Balaban J connectivity index is 1.69. The van der Waals surface area contributed by atoms with E-state index in [2.05, 4.69) is 133 Å². The summed E-state index contributed by atoms with van der Waals surface area (Å²) in [5.41, 5.74) is 18.8. The first-order valence-electron chi connectivity index (χ1n) is 14.2. The average molecular weight is 556 g/mol. The molecule has 1 radical (unpaired) electrons. The Bertz CT molecular complexity index is 1590. The zero-order chi connectivity index (χ0) is 28.1. The lowest BCUT2D eigenvalue weighted by Gasteiger charge is -2.33. The Hall–Kier alpha value is -3.39. The van der Waals surface area contributed by atoms with Gasteiger partial charge < -0.3 is 0 Å². The topological polar surface area (TPSA) is 0 Å². The van der Waals surface area contributed by atoms with Crippen LogP contribution in [0.4, 0.5) is 0 Å². The van der Waals surface area contributed by atoms with Gasteiger partial charge >= 0.3 is 0 Å². The minimum absolute atomic E-state index is 0.157. The minimum atomic E-state index is -1.66. The molecule has 40 heavy (non-hydrogen) atoms. The molecule has 0 N–H and O–H groups in total. The molecule has 1 aliphatic rings. The molecule has 0 aliphatic heterocycles. The summed E-state index contributed by atoms with van der Waals surface area (Å²) in [6, 6.07) is 34.0. The van der Waals surface area contributed by atoms with Gasteiger partial charge in [-0.15, -0.1) is 0 Å². The molecule has 0 aromatic heterocycles. The van der Waals surface area contributed by atoms with Gasteiger partial charge in [-0.2, -0.15) is 11.1 Å². The maximum absolute atomic E-state index is 8.02. The fourth-order valence-electron chi connectivity index (χ4n) is 7.18. The summed E-state index contributed by atoms with van der Waals surface area (Å²) in [5, 5.41) is 1.33. The van der Waals surface area contributed by atoms with E-state index in [1.54, 1.807) is 0 Å². The van der Waals surface area contributed by atoms with Gasteiger partial charge in [0.1, 0.15) is 0 Å². The molecule has 0 spiro atoms. The van der Waals surface area contributed by atoms with Crippen LogP contribution in [0.25, 0.3) is 22.3 Å². The number of fused-ring (bicyclic) bond motifs is 2. The highest BCUT2D eigenvalue weighted by Crippen LogP contribution is 2.42. The zero-order valence-corrected chi connectivity index (χ0v) is 26.1. The Morgan fingerprint density at radius 3 is 1.38 bits per heavy atom. The van der Waals surface area contributed by atoms with Crippen LogP contribution in [0.15, 0.2) is 91.0 Å². The van der Waals surface area contributed by atoms with Crippen molar-refractivity contribution in [2.75, 3.05) is 0 Å². The van der Waals surface area contributed by atoms with Crippen LogP contribution >= 0.6 is 11.1 Å². The predicted octanol–water partition coefficient (Wildman–Crippen LogP) is 9.58. The van der Waals surface area contributed by atoms with Crippen LogP contribution in [0.1, 0.15) is 61.2 Å². The fraction of sp³-hybridized carbons (Fsp3) is 0.211. The lowest BCUT2D eigenvalue weighted by molar-refractivity contribution is 0.967. The van der Waals surface area contributed by atoms with E-state index in [4.69, 9.17) is 11.1 Å². The first kappa shape index (κ1) is 26.8. The molecule has 0 unspecified atom stereocenters. The van der Waals surface area contributed by atoms with Crippen molar-refractivity contribution < 1.29 is 0 Å². The molecular weight excluding hydrogens is 520 g/mol. The summed E-state index contributed by atoms with van der Waals surface area (Å²) in [6.45, 7) is 13.4. The Labute approximate surface area is 246 Å². The second-order valence-corrected chi connectivity index (χ2v) is 14.6. The van der Waals surface area contributed by atoms with E-state index in [0.717, 1.165) is 6.42 Å². The molecular formula is C38H36ClSi. The fourth-order valence-corrected chi connectivity index (χ4v) is 10.8. The normalized spacial score (nSPS) is 12.9. The molecule has 0 nitrogen and oxygen atoms in total. The number of aryl methyl sites for hydroxylation is 6. The van der Waals surface area contributed by atoms with Gasteiger partial charge in [0.25, 0.3) is 0 Å². The molecule has 5 aromatic rings. The SMILES string of the molecule is Cc1cc(C)c(-c2cccc(-c3c(C)cc(C)cc3C)c2[Si](Cl)C2c3ccccc3Cc3ccccc32)c(C)c1. The summed E-state index contributed by atoms with van der Waals surface area (Å²) < 4.78 is 0. The first-order chi connectivity index (χ1) is 19.2. The highest BCUT2D eigenvalue weighted by molar-refractivity contribution is 7.16. The van der Waals surface area contributed by atoms with Crippen LogP contribution in [0, 0.1) is 41.5 Å². The van der Waals surface area contributed by atoms with Crippen molar-refractivity contribution in [3.05, 3.63) is 147 Å². The summed E-state index contributed by atoms with van der Waals surface area (Å²) >= 11 is 8.02. The third kappa shape index (κ3) is 4.56. The van der Waals surface area contributed by atoms with Crippen molar-refractivity contribution in [1.82, 2.24) is 0 Å². The molecule has 0 fully saturated rings. The van der Waals surface area contributed by atoms with E-state index in [-0.39, 0.29) is 5.54 Å². The number of rotatable bonds is 4. The third-order valence-corrected chi connectivity index (χ3v) is 11.9. The molecule has 199 valence electrons. The third-order valence-electron chi connectivity index (χ3n) is 8.56. The van der Waals surface area contributed by atoms with Crippen LogP contribution in [0.3, 0.4) is 0 Å². The Morgan fingerprint density at radius 2 is 0.950 bits per heavy atom. The quantitative estimate of drug-likeness (QED) is 0.153. The Kier molecular flexibility index (Phi) is 7.06. The summed E-state index contributed by atoms with van der Waals surface area (Å²) in [5.74, 6) is 0. The molecule has 0 saturated heterocycles. The van der Waals surface area contributed by atoms with Crippen LogP contribution in [-0.4, -0.2) is 8.11 Å². The number of hydrogen-bond donors (Lipinski definition) is 0. The van der Waals surface area contributed by atoms with Crippen molar-refractivity contribution in [2.24, 2.45) is 0 Å². The van der Waals surface area contributed by atoms with Gasteiger partial charge in [0.2, 0.25) is 8.11 Å². The number of benzene rings is 5. The van der Waals surface area contributed by atoms with Crippen molar-refractivity contribution in [3.63, 3.8) is 0 Å². The predicted molar refractivity (Wildman–Crippen MR) is 175 cm³/mol. The van der Waals surface area contributed by atoms with Gasteiger partial charge in [0.15, 0.2) is 0 Å². The lowest BCUT2D eigenvalue weighted by atomic mass is 9.85. The van der Waals surface area contributed by atoms with Crippen LogP contribution in [-0.2, 0) is 6.42 Å². The summed E-state index contributed by atoms with van der Waals surface area (Å²) in [7, 11) is -1.66. The second-order valence-electron chi connectivity index (χ2n) is 11.6. The summed E-state index contributed by atoms with van der Waals surface area (Å²) in [4.78, 5) is 0. The minimum Gasteiger partial charge on any atom is -0.162 e. The molecule has 6 rings (SSSR count). The summed E-state index contributed by atoms with van der Waals surface area (Å²) in [6.07, 6.45) is 0.968. The van der Waals surface area contributed by atoms with Crippen molar-refractivity contribution in [2.45, 2.75) is 53.5 Å². The zero-order valence-electron chi connectivity index (χ0n) is 24.3. The molecule has 0 bridgehead atoms. The standard InChI is InChI=1S/C38H36ClSi/c1-23-18-25(3)35(26(4)19-23)33-16-11-17-34(36-27(5)20-24(2)21-28(36)6)38(33)40(39)37-31-14-9-7-12-29(31)22-30-13-8-10-15-32(30)37/h7-21,37H,22H2,1-6H3. The molecule has 5 aromatic carbocycles. The smallest absolute Gasteiger partial charge is 0.162 e. The van der Waals surface area contributed by atoms with E-state index in [1.165, 1.54) is 83.1 Å². The van der Waals surface area contributed by atoms with E-state index in [1.807, 2.05) is 0 Å². The van der Waals surface area contributed by atoms with Gasteiger partial charge in [-0.3, -0.25) is 0 Å². The monoisotopic (exact) mass is 555 g/mol. The van der Waals surface area contributed by atoms with Crippen LogP contribution in [0.2, 0.25) is 0 Å². The van der Waals surface area contributed by atoms with E-state index in [0.29, 0.717) is 0 Å². The van der Waals surface area contributed by atoms with Crippen molar-refractivity contribution in [1.29, 1.82) is 0 Å².